The quantitative estimate of drug-likeness (QED) is 0.769. The van der Waals surface area contributed by atoms with Crippen LogP contribution >= 0.6 is 11.3 Å². The van der Waals surface area contributed by atoms with Crippen molar-refractivity contribution in [3.8, 4) is 0 Å². The summed E-state index contributed by atoms with van der Waals surface area (Å²) in [5, 5.41) is 4.19. The molecular formula is C10H15N3OS. The molecule has 0 unspecified atom stereocenters. The molecule has 15 heavy (non-hydrogen) atoms. The van der Waals surface area contributed by atoms with Gasteiger partial charge in [-0.25, -0.2) is 4.98 Å². The average Bonchev–Trinajstić information content (AvgIpc) is 2.58. The Morgan fingerprint density at radius 2 is 2.07 bits per heavy atom. The van der Waals surface area contributed by atoms with Gasteiger partial charge in [0.2, 0.25) is 0 Å². The molecule has 0 saturated carbocycles. The largest absolute Gasteiger partial charge is 0.335 e. The van der Waals surface area contributed by atoms with Gasteiger partial charge >= 0.3 is 0 Å². The smallest absolute Gasteiger partial charge is 0.273 e. The van der Waals surface area contributed by atoms with Crippen LogP contribution in [0.4, 0.5) is 0 Å². The monoisotopic (exact) mass is 225 g/mol. The highest BCUT2D eigenvalue weighted by molar-refractivity contribution is 7.11. The SMILES string of the molecule is Cc1nc(C(=O)N2CCNCC2)c(C)s1. The minimum Gasteiger partial charge on any atom is -0.335 e. The third-order valence-electron chi connectivity index (χ3n) is 2.51. The summed E-state index contributed by atoms with van der Waals surface area (Å²) < 4.78 is 0. The third-order valence-corrected chi connectivity index (χ3v) is 3.40. The molecule has 1 amide bonds. The van der Waals surface area contributed by atoms with E-state index in [4.69, 9.17) is 0 Å². The summed E-state index contributed by atoms with van der Waals surface area (Å²) >= 11 is 1.59. The molecule has 1 aromatic heterocycles. The van der Waals surface area contributed by atoms with Crippen molar-refractivity contribution in [3.63, 3.8) is 0 Å². The topological polar surface area (TPSA) is 45.2 Å². The number of rotatable bonds is 1. The van der Waals surface area contributed by atoms with Crippen LogP contribution in [0.1, 0.15) is 20.4 Å². The van der Waals surface area contributed by atoms with Crippen LogP contribution in [0.15, 0.2) is 0 Å². The first-order valence-corrected chi connectivity index (χ1v) is 5.94. The van der Waals surface area contributed by atoms with Crippen molar-refractivity contribution in [1.82, 2.24) is 15.2 Å². The number of nitrogens with zero attached hydrogens (tertiary/aromatic N) is 2. The minimum atomic E-state index is 0.0818. The molecule has 1 fully saturated rings. The second-order valence-corrected chi connectivity index (χ2v) is 5.09. The summed E-state index contributed by atoms with van der Waals surface area (Å²) in [5.41, 5.74) is 0.638. The van der Waals surface area contributed by atoms with Gasteiger partial charge in [0.1, 0.15) is 5.69 Å². The number of amides is 1. The van der Waals surface area contributed by atoms with Crippen LogP contribution in [0, 0.1) is 13.8 Å². The fourth-order valence-electron chi connectivity index (χ4n) is 1.74. The van der Waals surface area contributed by atoms with Crippen molar-refractivity contribution in [2.75, 3.05) is 26.2 Å². The Hall–Kier alpha value is -0.940. The molecule has 0 atom stereocenters. The van der Waals surface area contributed by atoms with E-state index in [9.17, 15) is 4.79 Å². The molecule has 2 rings (SSSR count). The standard InChI is InChI=1S/C10H15N3OS/c1-7-9(12-8(2)15-7)10(14)13-5-3-11-4-6-13/h11H,3-6H2,1-2H3. The van der Waals surface area contributed by atoms with Crippen LogP contribution in [0.25, 0.3) is 0 Å². The van der Waals surface area contributed by atoms with E-state index in [1.54, 1.807) is 11.3 Å². The summed E-state index contributed by atoms with van der Waals surface area (Å²) in [4.78, 5) is 19.3. The van der Waals surface area contributed by atoms with Crippen molar-refractivity contribution >= 4 is 17.2 Å². The number of carbonyl (C=O) groups is 1. The molecule has 1 saturated heterocycles. The van der Waals surface area contributed by atoms with E-state index in [-0.39, 0.29) is 5.91 Å². The van der Waals surface area contributed by atoms with Gasteiger partial charge in [0.15, 0.2) is 0 Å². The lowest BCUT2D eigenvalue weighted by Crippen LogP contribution is -2.46. The molecule has 0 spiro atoms. The van der Waals surface area contributed by atoms with Gasteiger partial charge in [-0.05, 0) is 13.8 Å². The first-order chi connectivity index (χ1) is 7.18. The maximum atomic E-state index is 12.1. The zero-order valence-corrected chi connectivity index (χ0v) is 9.86. The Morgan fingerprint density at radius 3 is 2.60 bits per heavy atom. The van der Waals surface area contributed by atoms with E-state index < -0.39 is 0 Å². The predicted molar refractivity (Wildman–Crippen MR) is 60.4 cm³/mol. The lowest BCUT2D eigenvalue weighted by atomic mass is 10.3. The highest BCUT2D eigenvalue weighted by Crippen LogP contribution is 2.18. The summed E-state index contributed by atoms with van der Waals surface area (Å²) in [6.45, 7) is 7.23. The Labute approximate surface area is 93.3 Å². The molecular weight excluding hydrogens is 210 g/mol. The summed E-state index contributed by atoms with van der Waals surface area (Å²) in [7, 11) is 0. The van der Waals surface area contributed by atoms with Crippen molar-refractivity contribution in [1.29, 1.82) is 0 Å². The first kappa shape index (κ1) is 10.6. The Bertz CT molecular complexity index is 369. The number of aryl methyl sites for hydroxylation is 2. The van der Waals surface area contributed by atoms with E-state index in [0.29, 0.717) is 5.69 Å². The number of hydrogen-bond acceptors (Lipinski definition) is 4. The summed E-state index contributed by atoms with van der Waals surface area (Å²) in [6, 6.07) is 0. The molecule has 1 N–H and O–H groups in total. The second-order valence-electron chi connectivity index (χ2n) is 3.68. The van der Waals surface area contributed by atoms with Crippen molar-refractivity contribution in [3.05, 3.63) is 15.6 Å². The lowest BCUT2D eigenvalue weighted by molar-refractivity contribution is 0.0730. The van der Waals surface area contributed by atoms with Gasteiger partial charge < -0.3 is 10.2 Å². The zero-order valence-electron chi connectivity index (χ0n) is 9.04. The van der Waals surface area contributed by atoms with Gasteiger partial charge in [-0.1, -0.05) is 0 Å². The number of piperazine rings is 1. The average molecular weight is 225 g/mol. The van der Waals surface area contributed by atoms with E-state index in [0.717, 1.165) is 36.1 Å². The van der Waals surface area contributed by atoms with Crippen molar-refractivity contribution in [2.45, 2.75) is 13.8 Å². The number of hydrogen-bond donors (Lipinski definition) is 1. The van der Waals surface area contributed by atoms with Crippen molar-refractivity contribution < 1.29 is 4.79 Å². The van der Waals surface area contributed by atoms with E-state index in [2.05, 4.69) is 10.3 Å². The number of nitrogens with one attached hydrogen (secondary N) is 1. The zero-order chi connectivity index (χ0) is 10.8. The van der Waals surface area contributed by atoms with E-state index in [1.807, 2.05) is 18.7 Å². The maximum absolute atomic E-state index is 12.1. The number of thiazole rings is 1. The van der Waals surface area contributed by atoms with Gasteiger partial charge in [-0.2, -0.15) is 0 Å². The fourth-order valence-corrected chi connectivity index (χ4v) is 2.55. The van der Waals surface area contributed by atoms with E-state index >= 15 is 0 Å². The number of aromatic nitrogens is 1. The third kappa shape index (κ3) is 2.18. The molecule has 0 aliphatic carbocycles. The number of carbonyl (C=O) groups excluding carboxylic acids is 1. The molecule has 0 radical (unpaired) electrons. The lowest BCUT2D eigenvalue weighted by Gasteiger charge is -2.26. The molecule has 0 bridgehead atoms. The molecule has 1 aliphatic heterocycles. The molecule has 1 aromatic rings. The van der Waals surface area contributed by atoms with Crippen LogP contribution in [-0.2, 0) is 0 Å². The van der Waals surface area contributed by atoms with Gasteiger partial charge in [0.05, 0.1) is 5.01 Å². The van der Waals surface area contributed by atoms with Gasteiger partial charge in [0.25, 0.3) is 5.91 Å². The van der Waals surface area contributed by atoms with Crippen LogP contribution in [-0.4, -0.2) is 42.0 Å². The maximum Gasteiger partial charge on any atom is 0.273 e. The highest BCUT2D eigenvalue weighted by Gasteiger charge is 2.21. The van der Waals surface area contributed by atoms with Crippen molar-refractivity contribution in [2.24, 2.45) is 0 Å². The highest BCUT2D eigenvalue weighted by atomic mass is 32.1. The summed E-state index contributed by atoms with van der Waals surface area (Å²) in [6.07, 6.45) is 0. The molecule has 1 aliphatic rings. The Morgan fingerprint density at radius 1 is 1.40 bits per heavy atom. The second kappa shape index (κ2) is 4.28. The fraction of sp³-hybridized carbons (Fsp3) is 0.600. The molecule has 0 aromatic carbocycles. The molecule has 82 valence electrons. The van der Waals surface area contributed by atoms with E-state index in [1.165, 1.54) is 0 Å². The van der Waals surface area contributed by atoms with Crippen LogP contribution in [0.3, 0.4) is 0 Å². The predicted octanol–water partition coefficient (Wildman–Crippen LogP) is 0.805. The molecule has 2 heterocycles. The molecule has 5 heteroatoms. The molecule has 4 nitrogen and oxygen atoms in total. The van der Waals surface area contributed by atoms with Gasteiger partial charge in [-0.3, -0.25) is 4.79 Å². The first-order valence-electron chi connectivity index (χ1n) is 5.12. The summed E-state index contributed by atoms with van der Waals surface area (Å²) in [5.74, 6) is 0.0818. The normalized spacial score (nSPS) is 16.8. The van der Waals surface area contributed by atoms with Crippen LogP contribution in [0.5, 0.6) is 0 Å². The van der Waals surface area contributed by atoms with Crippen LogP contribution in [0.2, 0.25) is 0 Å². The van der Waals surface area contributed by atoms with Gasteiger partial charge in [0, 0.05) is 31.1 Å². The van der Waals surface area contributed by atoms with Gasteiger partial charge in [-0.15, -0.1) is 11.3 Å². The Kier molecular flexibility index (Phi) is 3.02. The van der Waals surface area contributed by atoms with Crippen LogP contribution < -0.4 is 5.32 Å². The minimum absolute atomic E-state index is 0.0818. The Balaban J connectivity index is 2.16.